The summed E-state index contributed by atoms with van der Waals surface area (Å²) in [5, 5.41) is 15.2. The molecule has 0 amide bonds. The van der Waals surface area contributed by atoms with Crippen molar-refractivity contribution in [2.75, 3.05) is 18.4 Å². The first-order valence-corrected chi connectivity index (χ1v) is 9.46. The zero-order valence-electron chi connectivity index (χ0n) is 14.8. The molecule has 2 heterocycles. The maximum atomic E-state index is 13.6. The number of likely N-dealkylation sites (tertiary alicyclic amines) is 1. The molecule has 1 atom stereocenters. The van der Waals surface area contributed by atoms with Crippen LogP contribution in [0.5, 0.6) is 5.75 Å². The van der Waals surface area contributed by atoms with E-state index in [1.54, 1.807) is 12.3 Å². The minimum absolute atomic E-state index is 0.230. The number of nitrogens with zero attached hydrogens (tertiary/aromatic N) is 2. The number of hydrogen-bond acceptors (Lipinski definition) is 4. The second kappa shape index (κ2) is 7.71. The Balaban J connectivity index is 1.58. The number of halogens is 2. The van der Waals surface area contributed by atoms with E-state index in [1.807, 2.05) is 36.4 Å². The fourth-order valence-electron chi connectivity index (χ4n) is 3.56. The van der Waals surface area contributed by atoms with Gasteiger partial charge in [0.05, 0.1) is 5.52 Å². The molecule has 0 bridgehead atoms. The Kier molecular flexibility index (Phi) is 5.14. The Bertz CT molecular complexity index is 965. The number of benzene rings is 2. The summed E-state index contributed by atoms with van der Waals surface area (Å²) in [5.41, 5.74) is 3.37. The van der Waals surface area contributed by atoms with Crippen molar-refractivity contribution in [3.8, 4) is 5.75 Å². The second-order valence-corrected chi connectivity index (χ2v) is 7.40. The van der Waals surface area contributed by atoms with Crippen molar-refractivity contribution in [3.63, 3.8) is 0 Å². The number of alkyl halides is 1. The third kappa shape index (κ3) is 4.15. The van der Waals surface area contributed by atoms with Crippen LogP contribution in [0, 0.1) is 0 Å². The standard InChI is InChI=1S/C21H21ClFN3O/c22-15-3-5-18-19(7-8-24-20(18)11-15)25-17-4-6-21(27)14(10-17)12-26-9-1-2-16(23)13-26/h3-8,10-11,16,27H,1-2,9,12-13H2,(H,24,25). The molecule has 2 aromatic carbocycles. The molecule has 0 saturated carbocycles. The van der Waals surface area contributed by atoms with Gasteiger partial charge >= 0.3 is 0 Å². The van der Waals surface area contributed by atoms with E-state index in [0.717, 1.165) is 40.8 Å². The molecule has 1 saturated heterocycles. The van der Waals surface area contributed by atoms with Gasteiger partial charge in [0.15, 0.2) is 0 Å². The van der Waals surface area contributed by atoms with Crippen molar-refractivity contribution < 1.29 is 9.50 Å². The van der Waals surface area contributed by atoms with Crippen molar-refractivity contribution in [3.05, 3.63) is 59.2 Å². The molecular weight excluding hydrogens is 365 g/mol. The molecule has 1 aromatic heterocycles. The zero-order valence-corrected chi connectivity index (χ0v) is 15.6. The highest BCUT2D eigenvalue weighted by Gasteiger charge is 2.20. The van der Waals surface area contributed by atoms with Crippen LogP contribution in [0.4, 0.5) is 15.8 Å². The number of aromatic nitrogens is 1. The SMILES string of the molecule is Oc1ccc(Nc2ccnc3cc(Cl)ccc23)cc1CN1CCCC(F)C1. The normalized spacial score (nSPS) is 17.9. The van der Waals surface area contributed by atoms with E-state index in [-0.39, 0.29) is 5.75 Å². The molecule has 0 spiro atoms. The predicted octanol–water partition coefficient (Wildman–Crippen LogP) is 5.27. The number of pyridine rings is 1. The Morgan fingerprint density at radius 2 is 2.11 bits per heavy atom. The number of rotatable bonds is 4. The molecule has 27 heavy (non-hydrogen) atoms. The molecule has 3 aromatic rings. The molecule has 1 unspecified atom stereocenters. The third-order valence-electron chi connectivity index (χ3n) is 4.91. The van der Waals surface area contributed by atoms with Gasteiger partial charge in [0, 0.05) is 46.6 Å². The number of piperidine rings is 1. The van der Waals surface area contributed by atoms with Gasteiger partial charge in [0.1, 0.15) is 11.9 Å². The Hall–Kier alpha value is -2.37. The summed E-state index contributed by atoms with van der Waals surface area (Å²) < 4.78 is 13.6. The summed E-state index contributed by atoms with van der Waals surface area (Å²) in [7, 11) is 0. The second-order valence-electron chi connectivity index (χ2n) is 6.96. The minimum Gasteiger partial charge on any atom is -0.508 e. The first kappa shape index (κ1) is 18.0. The predicted molar refractivity (Wildman–Crippen MR) is 108 cm³/mol. The van der Waals surface area contributed by atoms with E-state index in [0.29, 0.717) is 24.5 Å². The lowest BCUT2D eigenvalue weighted by molar-refractivity contribution is 0.132. The number of hydrogen-bond donors (Lipinski definition) is 2. The van der Waals surface area contributed by atoms with Gasteiger partial charge in [-0.05, 0) is 61.9 Å². The molecule has 6 heteroatoms. The molecule has 4 rings (SSSR count). The van der Waals surface area contributed by atoms with Crippen molar-refractivity contribution >= 4 is 33.9 Å². The van der Waals surface area contributed by atoms with E-state index < -0.39 is 6.17 Å². The first-order chi connectivity index (χ1) is 13.1. The van der Waals surface area contributed by atoms with Gasteiger partial charge in [-0.2, -0.15) is 0 Å². The van der Waals surface area contributed by atoms with Gasteiger partial charge in [-0.1, -0.05) is 11.6 Å². The molecular formula is C21H21ClFN3O. The highest BCUT2D eigenvalue weighted by atomic mass is 35.5. The molecule has 140 valence electrons. The number of phenolic OH excluding ortho intramolecular Hbond substituents is 1. The largest absolute Gasteiger partial charge is 0.508 e. The van der Waals surface area contributed by atoms with Crippen LogP contribution in [0.1, 0.15) is 18.4 Å². The van der Waals surface area contributed by atoms with Gasteiger partial charge in [-0.3, -0.25) is 9.88 Å². The van der Waals surface area contributed by atoms with E-state index in [1.165, 1.54) is 0 Å². The summed E-state index contributed by atoms with van der Waals surface area (Å²) >= 11 is 6.05. The average molecular weight is 386 g/mol. The smallest absolute Gasteiger partial charge is 0.120 e. The molecule has 1 aliphatic heterocycles. The van der Waals surface area contributed by atoms with Gasteiger partial charge in [0.2, 0.25) is 0 Å². The number of phenols is 1. The third-order valence-corrected chi connectivity index (χ3v) is 5.14. The number of nitrogens with one attached hydrogen (secondary N) is 1. The highest BCUT2D eigenvalue weighted by Crippen LogP contribution is 2.30. The highest BCUT2D eigenvalue weighted by molar-refractivity contribution is 6.31. The summed E-state index contributed by atoms with van der Waals surface area (Å²) in [6, 6.07) is 12.9. The quantitative estimate of drug-likeness (QED) is 0.600. The zero-order chi connectivity index (χ0) is 18.8. The summed E-state index contributed by atoms with van der Waals surface area (Å²) in [5.74, 6) is 0.230. The van der Waals surface area contributed by atoms with Crippen LogP contribution >= 0.6 is 11.6 Å². The lowest BCUT2D eigenvalue weighted by Gasteiger charge is -2.29. The van der Waals surface area contributed by atoms with Gasteiger partial charge in [0.25, 0.3) is 0 Å². The van der Waals surface area contributed by atoms with Crippen LogP contribution in [0.25, 0.3) is 10.9 Å². The van der Waals surface area contributed by atoms with Crippen LogP contribution in [-0.2, 0) is 6.54 Å². The number of aromatic hydroxyl groups is 1. The van der Waals surface area contributed by atoms with E-state index >= 15 is 0 Å². The van der Waals surface area contributed by atoms with Crippen LogP contribution in [0.3, 0.4) is 0 Å². The van der Waals surface area contributed by atoms with Crippen LogP contribution < -0.4 is 5.32 Å². The van der Waals surface area contributed by atoms with Gasteiger partial charge < -0.3 is 10.4 Å². The number of anilines is 2. The minimum atomic E-state index is -0.780. The van der Waals surface area contributed by atoms with Crippen molar-refractivity contribution in [1.82, 2.24) is 9.88 Å². The molecule has 1 fully saturated rings. The molecule has 4 nitrogen and oxygen atoms in total. The van der Waals surface area contributed by atoms with E-state index in [4.69, 9.17) is 11.6 Å². The first-order valence-electron chi connectivity index (χ1n) is 9.08. The molecule has 0 aliphatic carbocycles. The lowest BCUT2D eigenvalue weighted by Crippen LogP contribution is -2.35. The van der Waals surface area contributed by atoms with Crippen molar-refractivity contribution in [2.45, 2.75) is 25.6 Å². The van der Waals surface area contributed by atoms with Crippen LogP contribution in [-0.4, -0.2) is 34.3 Å². The van der Waals surface area contributed by atoms with Crippen LogP contribution in [0.15, 0.2) is 48.7 Å². The van der Waals surface area contributed by atoms with E-state index in [9.17, 15) is 9.50 Å². The van der Waals surface area contributed by atoms with Crippen molar-refractivity contribution in [1.29, 1.82) is 0 Å². The molecule has 2 N–H and O–H groups in total. The molecule has 1 aliphatic rings. The van der Waals surface area contributed by atoms with Crippen LogP contribution in [0.2, 0.25) is 5.02 Å². The summed E-state index contributed by atoms with van der Waals surface area (Å²) in [6.07, 6.45) is 2.43. The molecule has 0 radical (unpaired) electrons. The maximum absolute atomic E-state index is 13.6. The Morgan fingerprint density at radius 1 is 1.22 bits per heavy atom. The van der Waals surface area contributed by atoms with Gasteiger partial charge in [-0.25, -0.2) is 4.39 Å². The van der Waals surface area contributed by atoms with Gasteiger partial charge in [-0.15, -0.1) is 0 Å². The number of fused-ring (bicyclic) bond motifs is 1. The van der Waals surface area contributed by atoms with E-state index in [2.05, 4.69) is 15.2 Å². The lowest BCUT2D eigenvalue weighted by atomic mass is 10.1. The fourth-order valence-corrected chi connectivity index (χ4v) is 3.73. The average Bonchev–Trinajstić information content (AvgIpc) is 2.64. The Labute approximate surface area is 162 Å². The topological polar surface area (TPSA) is 48.4 Å². The maximum Gasteiger partial charge on any atom is 0.120 e. The van der Waals surface area contributed by atoms with Crippen molar-refractivity contribution in [2.24, 2.45) is 0 Å². The Morgan fingerprint density at radius 3 is 2.96 bits per heavy atom. The summed E-state index contributed by atoms with van der Waals surface area (Å²) in [4.78, 5) is 6.41. The summed E-state index contributed by atoms with van der Waals surface area (Å²) in [6.45, 7) is 1.81. The fraction of sp³-hybridized carbons (Fsp3) is 0.286. The monoisotopic (exact) mass is 385 g/mol.